The molecule has 1 aromatic carbocycles. The quantitative estimate of drug-likeness (QED) is 0.674. The van der Waals surface area contributed by atoms with Gasteiger partial charge in [0.25, 0.3) is 0 Å². The molecule has 0 spiro atoms. The molecule has 0 aliphatic heterocycles. The van der Waals surface area contributed by atoms with E-state index in [0.29, 0.717) is 18.1 Å². The molecule has 0 bridgehead atoms. The van der Waals surface area contributed by atoms with E-state index in [1.54, 1.807) is 17.7 Å². The van der Waals surface area contributed by atoms with Crippen molar-refractivity contribution in [1.29, 1.82) is 0 Å². The lowest BCUT2D eigenvalue weighted by Gasteiger charge is -2.22. The van der Waals surface area contributed by atoms with Gasteiger partial charge in [-0.1, -0.05) is 35.5 Å². The molecule has 8 nitrogen and oxygen atoms in total. The van der Waals surface area contributed by atoms with Crippen LogP contribution in [0.1, 0.15) is 25.6 Å². The first-order valence-corrected chi connectivity index (χ1v) is 8.42. The molecule has 0 saturated heterocycles. The Labute approximate surface area is 150 Å². The highest BCUT2D eigenvalue weighted by molar-refractivity contribution is 5.76. The van der Waals surface area contributed by atoms with Crippen LogP contribution in [0.25, 0.3) is 11.4 Å². The van der Waals surface area contributed by atoms with Crippen LogP contribution in [0.4, 0.5) is 0 Å². The van der Waals surface area contributed by atoms with Crippen molar-refractivity contribution in [2.24, 2.45) is 0 Å². The fourth-order valence-corrected chi connectivity index (χ4v) is 2.72. The van der Waals surface area contributed by atoms with Crippen LogP contribution in [0, 0.1) is 0 Å². The van der Waals surface area contributed by atoms with E-state index in [9.17, 15) is 9.59 Å². The zero-order chi connectivity index (χ0) is 18.7. The van der Waals surface area contributed by atoms with Gasteiger partial charge in [-0.05, 0) is 13.8 Å². The van der Waals surface area contributed by atoms with E-state index < -0.39 is 0 Å². The summed E-state index contributed by atoms with van der Waals surface area (Å²) in [5, 5.41) is 8.24. The predicted octanol–water partition coefficient (Wildman–Crippen LogP) is 1.94. The molecule has 1 unspecified atom stereocenters. The van der Waals surface area contributed by atoms with Gasteiger partial charge in [0.15, 0.2) is 5.82 Å². The highest BCUT2D eigenvalue weighted by Crippen LogP contribution is 2.17. The molecule has 2 heterocycles. The fourth-order valence-electron chi connectivity index (χ4n) is 2.72. The summed E-state index contributed by atoms with van der Waals surface area (Å²) in [7, 11) is 1.67. The van der Waals surface area contributed by atoms with Crippen molar-refractivity contribution >= 4 is 5.91 Å². The molecule has 0 fully saturated rings. The molecular formula is C18H21N5O3. The van der Waals surface area contributed by atoms with Crippen molar-refractivity contribution in [3.63, 3.8) is 0 Å². The zero-order valence-corrected chi connectivity index (χ0v) is 15.0. The molecule has 1 atom stereocenters. The summed E-state index contributed by atoms with van der Waals surface area (Å²) in [6, 6.07) is 10.9. The van der Waals surface area contributed by atoms with Crippen LogP contribution < -0.4 is 5.69 Å². The SMILES string of the molecule is CCn1c(-c2ccccc2)nn(CC(=O)N(C)C(C)c2ccon2)c1=O. The third-order valence-corrected chi connectivity index (χ3v) is 4.42. The molecule has 8 heteroatoms. The van der Waals surface area contributed by atoms with Gasteiger partial charge in [-0.15, -0.1) is 5.10 Å². The first-order chi connectivity index (χ1) is 12.5. The van der Waals surface area contributed by atoms with Crippen LogP contribution in [0.15, 0.2) is 52.0 Å². The average molecular weight is 355 g/mol. The van der Waals surface area contributed by atoms with Gasteiger partial charge < -0.3 is 9.42 Å². The number of carbonyl (C=O) groups excluding carboxylic acids is 1. The minimum Gasteiger partial charge on any atom is -0.364 e. The minimum absolute atomic E-state index is 0.135. The van der Waals surface area contributed by atoms with E-state index in [1.165, 1.54) is 15.8 Å². The van der Waals surface area contributed by atoms with E-state index in [0.717, 1.165) is 5.56 Å². The van der Waals surface area contributed by atoms with Gasteiger partial charge in [-0.25, -0.2) is 9.48 Å². The van der Waals surface area contributed by atoms with Gasteiger partial charge >= 0.3 is 5.69 Å². The van der Waals surface area contributed by atoms with Gasteiger partial charge in [0.2, 0.25) is 5.91 Å². The van der Waals surface area contributed by atoms with E-state index in [4.69, 9.17) is 4.52 Å². The lowest BCUT2D eigenvalue weighted by molar-refractivity contribution is -0.132. The molecule has 136 valence electrons. The molecular weight excluding hydrogens is 334 g/mol. The smallest absolute Gasteiger partial charge is 0.346 e. The highest BCUT2D eigenvalue weighted by atomic mass is 16.5. The topological polar surface area (TPSA) is 86.2 Å². The number of hydrogen-bond acceptors (Lipinski definition) is 5. The van der Waals surface area contributed by atoms with Crippen LogP contribution in [0.5, 0.6) is 0 Å². The summed E-state index contributed by atoms with van der Waals surface area (Å²) in [5.41, 5.74) is 1.18. The monoisotopic (exact) mass is 355 g/mol. The van der Waals surface area contributed by atoms with Crippen LogP contribution in [-0.4, -0.2) is 37.4 Å². The molecule has 3 rings (SSSR count). The van der Waals surface area contributed by atoms with Crippen LogP contribution in [0.3, 0.4) is 0 Å². The van der Waals surface area contributed by atoms with Crippen LogP contribution in [-0.2, 0) is 17.9 Å². The van der Waals surface area contributed by atoms with Crippen molar-refractivity contribution in [1.82, 2.24) is 24.4 Å². The number of likely N-dealkylation sites (N-methyl/N-ethyl adjacent to an activating group) is 1. The van der Waals surface area contributed by atoms with E-state index in [2.05, 4.69) is 10.3 Å². The van der Waals surface area contributed by atoms with Crippen molar-refractivity contribution < 1.29 is 9.32 Å². The molecule has 0 N–H and O–H groups in total. The normalized spacial score (nSPS) is 12.1. The molecule has 0 aliphatic rings. The Morgan fingerprint density at radius 2 is 2.00 bits per heavy atom. The third-order valence-electron chi connectivity index (χ3n) is 4.42. The maximum atomic E-state index is 12.6. The summed E-state index contributed by atoms with van der Waals surface area (Å²) < 4.78 is 7.59. The molecule has 1 amide bonds. The lowest BCUT2D eigenvalue weighted by Crippen LogP contribution is -2.36. The third kappa shape index (κ3) is 3.30. The summed E-state index contributed by atoms with van der Waals surface area (Å²) in [6.45, 7) is 4.06. The minimum atomic E-state index is -0.304. The zero-order valence-electron chi connectivity index (χ0n) is 15.0. The van der Waals surface area contributed by atoms with Crippen molar-refractivity contribution in [2.45, 2.75) is 33.0 Å². The Morgan fingerprint density at radius 1 is 1.27 bits per heavy atom. The van der Waals surface area contributed by atoms with Crippen LogP contribution >= 0.6 is 0 Å². The molecule has 3 aromatic rings. The second kappa shape index (κ2) is 7.38. The molecule has 0 radical (unpaired) electrons. The van der Waals surface area contributed by atoms with Crippen molar-refractivity contribution in [2.75, 3.05) is 7.05 Å². The summed E-state index contributed by atoms with van der Waals surface area (Å²) in [4.78, 5) is 26.7. The first kappa shape index (κ1) is 17.7. The molecule has 0 aliphatic carbocycles. The van der Waals surface area contributed by atoms with E-state index in [1.807, 2.05) is 44.2 Å². The lowest BCUT2D eigenvalue weighted by atomic mass is 10.2. The Bertz CT molecular complexity index is 928. The molecule has 0 saturated carbocycles. The number of benzene rings is 1. The summed E-state index contributed by atoms with van der Waals surface area (Å²) in [6.07, 6.45) is 1.46. The Hall–Kier alpha value is -3.16. The number of aromatic nitrogens is 4. The Morgan fingerprint density at radius 3 is 2.62 bits per heavy atom. The van der Waals surface area contributed by atoms with E-state index >= 15 is 0 Å². The number of hydrogen-bond donors (Lipinski definition) is 0. The number of nitrogens with zero attached hydrogens (tertiary/aromatic N) is 5. The Kier molecular flexibility index (Phi) is 5.01. The molecule has 26 heavy (non-hydrogen) atoms. The maximum Gasteiger partial charge on any atom is 0.346 e. The van der Waals surface area contributed by atoms with Gasteiger partial charge in [-0.3, -0.25) is 9.36 Å². The maximum absolute atomic E-state index is 12.6. The van der Waals surface area contributed by atoms with Gasteiger partial charge in [0, 0.05) is 25.2 Å². The van der Waals surface area contributed by atoms with Gasteiger partial charge in [0.1, 0.15) is 18.5 Å². The average Bonchev–Trinajstić information content (AvgIpc) is 3.30. The number of carbonyl (C=O) groups is 1. The highest BCUT2D eigenvalue weighted by Gasteiger charge is 2.22. The molecule has 2 aromatic heterocycles. The fraction of sp³-hybridized carbons (Fsp3) is 0.333. The first-order valence-electron chi connectivity index (χ1n) is 8.42. The second-order valence-corrected chi connectivity index (χ2v) is 5.98. The summed E-state index contributed by atoms with van der Waals surface area (Å²) in [5.74, 6) is 0.320. The van der Waals surface area contributed by atoms with Gasteiger partial charge in [-0.2, -0.15) is 0 Å². The predicted molar refractivity (Wildman–Crippen MR) is 95.3 cm³/mol. The number of rotatable bonds is 6. The number of amides is 1. The standard InChI is InChI=1S/C18H21N5O3/c1-4-22-17(14-8-6-5-7-9-14)19-23(18(22)25)12-16(24)21(3)13(2)15-10-11-26-20-15/h5-11,13H,4,12H2,1-3H3. The van der Waals surface area contributed by atoms with Crippen molar-refractivity contribution in [3.8, 4) is 11.4 Å². The summed E-state index contributed by atoms with van der Waals surface area (Å²) >= 11 is 0. The largest absolute Gasteiger partial charge is 0.364 e. The van der Waals surface area contributed by atoms with Crippen LogP contribution in [0.2, 0.25) is 0 Å². The second-order valence-electron chi connectivity index (χ2n) is 5.98. The Balaban J connectivity index is 1.85. The van der Waals surface area contributed by atoms with Gasteiger partial charge in [0.05, 0.1) is 6.04 Å². The van der Waals surface area contributed by atoms with E-state index in [-0.39, 0.29) is 24.2 Å². The van der Waals surface area contributed by atoms with Crippen molar-refractivity contribution in [3.05, 3.63) is 58.8 Å².